The highest BCUT2D eigenvalue weighted by Gasteiger charge is 2.15. The van der Waals surface area contributed by atoms with Gasteiger partial charge in [0.15, 0.2) is 0 Å². The van der Waals surface area contributed by atoms with Crippen molar-refractivity contribution in [3.05, 3.63) is 10.8 Å². The minimum Gasteiger partial charge on any atom is -0.369 e. The predicted octanol–water partition coefficient (Wildman–Crippen LogP) is 3.91. The van der Waals surface area contributed by atoms with E-state index in [1.807, 2.05) is 0 Å². The third-order valence-corrected chi connectivity index (χ3v) is 3.65. The molecule has 1 rings (SSSR count). The average molecular weight is 315 g/mol. The number of hydrogen-bond acceptors (Lipinski definition) is 4. The molecule has 2 N–H and O–H groups in total. The third-order valence-electron chi connectivity index (χ3n) is 2.90. The fraction of sp³-hybridized carbons (Fsp3) is 0.692. The summed E-state index contributed by atoms with van der Waals surface area (Å²) in [6, 6.07) is 0.426. The minimum atomic E-state index is 0.426. The molecule has 0 saturated heterocycles. The van der Waals surface area contributed by atoms with Crippen LogP contribution in [0.2, 0.25) is 0 Å². The van der Waals surface area contributed by atoms with Crippen LogP contribution >= 0.6 is 15.9 Å². The van der Waals surface area contributed by atoms with Crippen LogP contribution in [-0.2, 0) is 0 Å². The molecule has 0 aromatic carbocycles. The van der Waals surface area contributed by atoms with E-state index in [2.05, 4.69) is 64.2 Å². The first-order chi connectivity index (χ1) is 8.60. The lowest BCUT2D eigenvalue weighted by Crippen LogP contribution is -2.25. The summed E-state index contributed by atoms with van der Waals surface area (Å²) in [5.74, 6) is 2.29. The molecule has 0 radical (unpaired) electrons. The molecule has 1 aromatic heterocycles. The first-order valence-corrected chi connectivity index (χ1v) is 7.40. The molecule has 0 bridgehead atoms. The van der Waals surface area contributed by atoms with E-state index in [-0.39, 0.29) is 0 Å². The predicted molar refractivity (Wildman–Crippen MR) is 81.1 cm³/mol. The summed E-state index contributed by atoms with van der Waals surface area (Å²) in [6.45, 7) is 9.66. The van der Waals surface area contributed by atoms with E-state index in [9.17, 15) is 0 Å². The molecule has 0 amide bonds. The summed E-state index contributed by atoms with van der Waals surface area (Å²) in [6.07, 6.45) is 3.74. The van der Waals surface area contributed by atoms with E-state index in [0.717, 1.165) is 35.5 Å². The van der Waals surface area contributed by atoms with Gasteiger partial charge in [0.25, 0.3) is 0 Å². The number of nitrogens with zero attached hydrogens (tertiary/aromatic N) is 2. The SMILES string of the molecule is CCCNc1ncnc(NC(CC)C(C)C)c1Br. The number of nitrogens with one attached hydrogen (secondary N) is 2. The van der Waals surface area contributed by atoms with Crippen LogP contribution < -0.4 is 10.6 Å². The van der Waals surface area contributed by atoms with Crippen LogP contribution in [0.4, 0.5) is 11.6 Å². The van der Waals surface area contributed by atoms with Crippen molar-refractivity contribution < 1.29 is 0 Å². The summed E-state index contributed by atoms with van der Waals surface area (Å²) >= 11 is 3.57. The van der Waals surface area contributed by atoms with E-state index < -0.39 is 0 Å². The van der Waals surface area contributed by atoms with Crippen LogP contribution in [-0.4, -0.2) is 22.6 Å². The molecule has 102 valence electrons. The molecule has 1 heterocycles. The van der Waals surface area contributed by atoms with Crippen molar-refractivity contribution in [3.8, 4) is 0 Å². The number of hydrogen-bond donors (Lipinski definition) is 2. The fourth-order valence-corrected chi connectivity index (χ4v) is 2.21. The van der Waals surface area contributed by atoms with E-state index in [0.29, 0.717) is 12.0 Å². The Kier molecular flexibility index (Phi) is 6.39. The molecule has 1 atom stereocenters. The Balaban J connectivity index is 2.82. The minimum absolute atomic E-state index is 0.426. The zero-order chi connectivity index (χ0) is 13.5. The van der Waals surface area contributed by atoms with Crippen molar-refractivity contribution in [1.82, 2.24) is 9.97 Å². The van der Waals surface area contributed by atoms with E-state index >= 15 is 0 Å². The average Bonchev–Trinajstić information content (AvgIpc) is 2.35. The van der Waals surface area contributed by atoms with E-state index in [1.165, 1.54) is 0 Å². The lowest BCUT2D eigenvalue weighted by atomic mass is 10.0. The lowest BCUT2D eigenvalue weighted by Gasteiger charge is -2.22. The van der Waals surface area contributed by atoms with Gasteiger partial charge in [-0.1, -0.05) is 27.7 Å². The Bertz CT molecular complexity index is 368. The molecule has 0 aliphatic rings. The molecule has 1 aromatic rings. The van der Waals surface area contributed by atoms with Gasteiger partial charge in [-0.25, -0.2) is 9.97 Å². The highest BCUT2D eigenvalue weighted by molar-refractivity contribution is 9.10. The summed E-state index contributed by atoms with van der Waals surface area (Å²) < 4.78 is 0.914. The van der Waals surface area contributed by atoms with E-state index in [1.54, 1.807) is 6.33 Å². The van der Waals surface area contributed by atoms with Crippen molar-refractivity contribution in [2.24, 2.45) is 5.92 Å². The van der Waals surface area contributed by atoms with Crippen LogP contribution in [0, 0.1) is 5.92 Å². The molecule has 0 fully saturated rings. The molecule has 18 heavy (non-hydrogen) atoms. The fourth-order valence-electron chi connectivity index (χ4n) is 1.75. The van der Waals surface area contributed by atoms with Gasteiger partial charge in [-0.15, -0.1) is 0 Å². The maximum atomic E-state index is 4.31. The molecule has 0 aliphatic heterocycles. The highest BCUT2D eigenvalue weighted by atomic mass is 79.9. The maximum absolute atomic E-state index is 4.31. The quantitative estimate of drug-likeness (QED) is 0.801. The van der Waals surface area contributed by atoms with Crippen molar-refractivity contribution in [2.75, 3.05) is 17.2 Å². The van der Waals surface area contributed by atoms with Crippen LogP contribution in [0.25, 0.3) is 0 Å². The summed E-state index contributed by atoms with van der Waals surface area (Å²) in [4.78, 5) is 8.55. The Morgan fingerprint density at radius 1 is 1.22 bits per heavy atom. The second-order valence-electron chi connectivity index (χ2n) is 4.71. The molecule has 1 unspecified atom stereocenters. The Morgan fingerprint density at radius 3 is 2.44 bits per heavy atom. The number of anilines is 2. The normalized spacial score (nSPS) is 12.6. The van der Waals surface area contributed by atoms with Gasteiger partial charge in [0.1, 0.15) is 22.4 Å². The molecular weight excluding hydrogens is 292 g/mol. The van der Waals surface area contributed by atoms with Crippen LogP contribution in [0.15, 0.2) is 10.8 Å². The molecule has 4 nitrogen and oxygen atoms in total. The highest BCUT2D eigenvalue weighted by Crippen LogP contribution is 2.28. The van der Waals surface area contributed by atoms with Crippen molar-refractivity contribution in [1.29, 1.82) is 0 Å². The number of aromatic nitrogens is 2. The summed E-state index contributed by atoms with van der Waals surface area (Å²) in [7, 11) is 0. The Labute approximate surface area is 118 Å². The number of rotatable bonds is 7. The standard InChI is InChI=1S/C13H23BrN4/c1-5-7-15-12-11(14)13(17-8-16-12)18-10(6-2)9(3)4/h8-10H,5-7H2,1-4H3,(H2,15,16,17,18). The van der Waals surface area contributed by atoms with Crippen LogP contribution in [0.3, 0.4) is 0 Å². The van der Waals surface area contributed by atoms with Crippen molar-refractivity contribution >= 4 is 27.6 Å². The topological polar surface area (TPSA) is 49.8 Å². The maximum Gasteiger partial charge on any atom is 0.146 e. The summed E-state index contributed by atoms with van der Waals surface area (Å²) in [5, 5.41) is 6.76. The van der Waals surface area contributed by atoms with Gasteiger partial charge in [-0.2, -0.15) is 0 Å². The van der Waals surface area contributed by atoms with Gasteiger partial charge in [0.2, 0.25) is 0 Å². The van der Waals surface area contributed by atoms with Gasteiger partial charge in [-0.05, 0) is 34.7 Å². The monoisotopic (exact) mass is 314 g/mol. The van der Waals surface area contributed by atoms with Gasteiger partial charge in [0.05, 0.1) is 0 Å². The zero-order valence-electron chi connectivity index (χ0n) is 11.6. The van der Waals surface area contributed by atoms with Crippen molar-refractivity contribution in [3.63, 3.8) is 0 Å². The Hall–Kier alpha value is -0.840. The molecular formula is C13H23BrN4. The third kappa shape index (κ3) is 4.12. The first kappa shape index (κ1) is 15.2. The van der Waals surface area contributed by atoms with Crippen molar-refractivity contribution in [2.45, 2.75) is 46.6 Å². The second kappa shape index (κ2) is 7.56. The smallest absolute Gasteiger partial charge is 0.146 e. The molecule has 0 aliphatic carbocycles. The molecule has 0 spiro atoms. The van der Waals surface area contributed by atoms with Gasteiger partial charge >= 0.3 is 0 Å². The van der Waals surface area contributed by atoms with E-state index in [4.69, 9.17) is 0 Å². The molecule has 5 heteroatoms. The molecule has 0 saturated carbocycles. The van der Waals surface area contributed by atoms with Crippen LogP contribution in [0.5, 0.6) is 0 Å². The first-order valence-electron chi connectivity index (χ1n) is 6.61. The van der Waals surface area contributed by atoms with Crippen LogP contribution in [0.1, 0.15) is 40.5 Å². The van der Waals surface area contributed by atoms with Gasteiger partial charge < -0.3 is 10.6 Å². The lowest BCUT2D eigenvalue weighted by molar-refractivity contribution is 0.509. The second-order valence-corrected chi connectivity index (χ2v) is 5.51. The van der Waals surface area contributed by atoms with Gasteiger partial charge in [0, 0.05) is 12.6 Å². The zero-order valence-corrected chi connectivity index (χ0v) is 13.2. The Morgan fingerprint density at radius 2 is 1.89 bits per heavy atom. The largest absolute Gasteiger partial charge is 0.369 e. The van der Waals surface area contributed by atoms with Gasteiger partial charge in [-0.3, -0.25) is 0 Å². The number of halogens is 1. The summed E-state index contributed by atoms with van der Waals surface area (Å²) in [5.41, 5.74) is 0.